The van der Waals surface area contributed by atoms with Gasteiger partial charge in [0.05, 0.1) is 19.9 Å². The number of amidine groups is 1. The molecule has 1 heterocycles. The predicted molar refractivity (Wildman–Crippen MR) is 71.5 cm³/mol. The van der Waals surface area contributed by atoms with Gasteiger partial charge in [-0.3, -0.25) is 0 Å². The molecule has 5 heteroatoms. The van der Waals surface area contributed by atoms with Crippen molar-refractivity contribution in [2.45, 2.75) is 13.3 Å². The van der Waals surface area contributed by atoms with Crippen molar-refractivity contribution in [3.8, 4) is 11.5 Å². The van der Waals surface area contributed by atoms with Crippen LogP contribution < -0.4 is 15.2 Å². The SMILES string of the molecule is COc1cc(OC)cc(C2=NN=C(N)C(C)C2)c1. The second-order valence-electron chi connectivity index (χ2n) is 4.28. The fourth-order valence-corrected chi connectivity index (χ4v) is 1.80. The molecule has 0 fully saturated rings. The lowest BCUT2D eigenvalue weighted by Crippen LogP contribution is -2.26. The van der Waals surface area contributed by atoms with Crippen LogP contribution in [0, 0.1) is 5.92 Å². The van der Waals surface area contributed by atoms with E-state index in [2.05, 4.69) is 10.2 Å². The molecule has 0 radical (unpaired) electrons. The minimum atomic E-state index is 0.203. The first-order valence-corrected chi connectivity index (χ1v) is 5.77. The second kappa shape index (κ2) is 5.08. The van der Waals surface area contributed by atoms with Gasteiger partial charge in [0.2, 0.25) is 0 Å². The molecule has 1 aliphatic heterocycles. The van der Waals surface area contributed by atoms with E-state index in [4.69, 9.17) is 15.2 Å². The molecule has 0 saturated heterocycles. The van der Waals surface area contributed by atoms with Crippen molar-refractivity contribution in [1.29, 1.82) is 0 Å². The van der Waals surface area contributed by atoms with Crippen LogP contribution in [0.5, 0.6) is 11.5 Å². The van der Waals surface area contributed by atoms with Gasteiger partial charge in [0.25, 0.3) is 0 Å². The third-order valence-corrected chi connectivity index (χ3v) is 2.98. The Morgan fingerprint density at radius 1 is 1.11 bits per heavy atom. The molecule has 1 atom stereocenters. The molecular weight excluding hydrogens is 230 g/mol. The smallest absolute Gasteiger partial charge is 0.125 e. The topological polar surface area (TPSA) is 69.2 Å². The zero-order chi connectivity index (χ0) is 13.1. The molecular formula is C13H17N3O2. The summed E-state index contributed by atoms with van der Waals surface area (Å²) in [6.07, 6.45) is 0.769. The number of hydrogen-bond acceptors (Lipinski definition) is 5. The van der Waals surface area contributed by atoms with E-state index in [1.165, 1.54) is 0 Å². The summed E-state index contributed by atoms with van der Waals surface area (Å²) >= 11 is 0. The first kappa shape index (κ1) is 12.4. The molecule has 0 aliphatic carbocycles. The summed E-state index contributed by atoms with van der Waals surface area (Å²) in [7, 11) is 3.25. The average molecular weight is 247 g/mol. The first-order valence-electron chi connectivity index (χ1n) is 5.77. The van der Waals surface area contributed by atoms with Crippen LogP contribution in [0.1, 0.15) is 18.9 Å². The summed E-state index contributed by atoms with van der Waals surface area (Å²) in [5.41, 5.74) is 7.57. The lowest BCUT2D eigenvalue weighted by molar-refractivity contribution is 0.394. The third-order valence-electron chi connectivity index (χ3n) is 2.98. The van der Waals surface area contributed by atoms with Gasteiger partial charge in [0.1, 0.15) is 17.3 Å². The number of benzene rings is 1. The van der Waals surface area contributed by atoms with E-state index >= 15 is 0 Å². The van der Waals surface area contributed by atoms with Gasteiger partial charge < -0.3 is 15.2 Å². The van der Waals surface area contributed by atoms with Crippen molar-refractivity contribution < 1.29 is 9.47 Å². The highest BCUT2D eigenvalue weighted by molar-refractivity contribution is 6.05. The molecule has 2 rings (SSSR count). The molecule has 18 heavy (non-hydrogen) atoms. The molecule has 1 unspecified atom stereocenters. The van der Waals surface area contributed by atoms with E-state index in [0.717, 1.165) is 29.2 Å². The van der Waals surface area contributed by atoms with Crippen LogP contribution in [-0.4, -0.2) is 25.8 Å². The van der Waals surface area contributed by atoms with Gasteiger partial charge in [-0.25, -0.2) is 0 Å². The van der Waals surface area contributed by atoms with E-state index in [1.54, 1.807) is 14.2 Å². The van der Waals surface area contributed by atoms with Gasteiger partial charge in [-0.05, 0) is 12.1 Å². The summed E-state index contributed by atoms with van der Waals surface area (Å²) in [5.74, 6) is 2.26. The van der Waals surface area contributed by atoms with Crippen molar-refractivity contribution in [2.75, 3.05) is 14.2 Å². The molecule has 1 aromatic rings. The number of ether oxygens (including phenoxy) is 2. The summed E-state index contributed by atoms with van der Waals surface area (Å²) in [6.45, 7) is 2.03. The summed E-state index contributed by atoms with van der Waals surface area (Å²) < 4.78 is 10.5. The number of methoxy groups -OCH3 is 2. The highest BCUT2D eigenvalue weighted by atomic mass is 16.5. The maximum Gasteiger partial charge on any atom is 0.125 e. The molecule has 0 amide bonds. The van der Waals surface area contributed by atoms with Gasteiger partial charge in [0.15, 0.2) is 0 Å². The van der Waals surface area contributed by atoms with Crippen LogP contribution in [-0.2, 0) is 0 Å². The molecule has 0 bridgehead atoms. The fourth-order valence-electron chi connectivity index (χ4n) is 1.80. The molecule has 5 nitrogen and oxygen atoms in total. The van der Waals surface area contributed by atoms with Gasteiger partial charge in [0, 0.05) is 24.0 Å². The minimum absolute atomic E-state index is 0.203. The lowest BCUT2D eigenvalue weighted by Gasteiger charge is -2.17. The zero-order valence-corrected chi connectivity index (χ0v) is 10.8. The minimum Gasteiger partial charge on any atom is -0.497 e. The Bertz CT molecular complexity index is 487. The van der Waals surface area contributed by atoms with Gasteiger partial charge >= 0.3 is 0 Å². The Hall–Kier alpha value is -2.04. The quantitative estimate of drug-likeness (QED) is 0.885. The Morgan fingerprint density at radius 2 is 1.72 bits per heavy atom. The van der Waals surface area contributed by atoms with Crippen LogP contribution >= 0.6 is 0 Å². The zero-order valence-electron chi connectivity index (χ0n) is 10.8. The monoisotopic (exact) mass is 247 g/mol. The maximum atomic E-state index is 5.72. The maximum absolute atomic E-state index is 5.72. The van der Waals surface area contributed by atoms with E-state index in [0.29, 0.717) is 5.84 Å². The Labute approximate surface area is 106 Å². The summed E-state index contributed by atoms with van der Waals surface area (Å²) in [5, 5.41) is 8.13. The van der Waals surface area contributed by atoms with Gasteiger partial charge in [-0.2, -0.15) is 5.10 Å². The number of nitrogens with zero attached hydrogens (tertiary/aromatic N) is 2. The third kappa shape index (κ3) is 2.45. The van der Waals surface area contributed by atoms with E-state index < -0.39 is 0 Å². The molecule has 1 aromatic carbocycles. The number of hydrogen-bond donors (Lipinski definition) is 1. The Morgan fingerprint density at radius 3 is 2.22 bits per heavy atom. The average Bonchev–Trinajstić information content (AvgIpc) is 2.41. The molecule has 0 spiro atoms. The van der Waals surface area contributed by atoms with Gasteiger partial charge in [-0.1, -0.05) is 6.92 Å². The Balaban J connectivity index is 2.39. The molecule has 1 aliphatic rings. The van der Waals surface area contributed by atoms with Crippen molar-refractivity contribution in [3.63, 3.8) is 0 Å². The van der Waals surface area contributed by atoms with Crippen molar-refractivity contribution in [3.05, 3.63) is 23.8 Å². The standard InChI is InChI=1S/C13H17N3O2/c1-8-4-12(15-16-13(8)14)9-5-10(17-2)7-11(6-9)18-3/h5-8H,4H2,1-3H3,(H2,14,16). The van der Waals surface area contributed by atoms with Crippen LogP contribution in [0.2, 0.25) is 0 Å². The number of nitrogens with two attached hydrogens (primary N) is 1. The van der Waals surface area contributed by atoms with Crippen molar-refractivity contribution in [1.82, 2.24) is 0 Å². The van der Waals surface area contributed by atoms with Crippen molar-refractivity contribution in [2.24, 2.45) is 21.9 Å². The van der Waals surface area contributed by atoms with E-state index in [1.807, 2.05) is 25.1 Å². The predicted octanol–water partition coefficient (Wildman–Crippen LogP) is 1.80. The van der Waals surface area contributed by atoms with Crippen LogP contribution in [0.3, 0.4) is 0 Å². The molecule has 0 aromatic heterocycles. The molecule has 96 valence electrons. The van der Waals surface area contributed by atoms with Crippen LogP contribution in [0.4, 0.5) is 0 Å². The second-order valence-corrected chi connectivity index (χ2v) is 4.28. The van der Waals surface area contributed by atoms with Crippen LogP contribution in [0.15, 0.2) is 28.4 Å². The van der Waals surface area contributed by atoms with Gasteiger partial charge in [-0.15, -0.1) is 5.10 Å². The summed E-state index contributed by atoms with van der Waals surface area (Å²) in [6, 6.07) is 5.67. The van der Waals surface area contributed by atoms with E-state index in [-0.39, 0.29) is 5.92 Å². The summed E-state index contributed by atoms with van der Waals surface area (Å²) in [4.78, 5) is 0. The largest absolute Gasteiger partial charge is 0.497 e. The Kier molecular flexibility index (Phi) is 3.50. The molecule has 2 N–H and O–H groups in total. The van der Waals surface area contributed by atoms with Crippen molar-refractivity contribution >= 4 is 11.5 Å². The molecule has 0 saturated carbocycles. The van der Waals surface area contributed by atoms with E-state index in [9.17, 15) is 0 Å². The van der Waals surface area contributed by atoms with Crippen LogP contribution in [0.25, 0.3) is 0 Å². The normalized spacial score (nSPS) is 18.9. The fraction of sp³-hybridized carbons (Fsp3) is 0.385. The highest BCUT2D eigenvalue weighted by Gasteiger charge is 2.18. The number of rotatable bonds is 3. The highest BCUT2D eigenvalue weighted by Crippen LogP contribution is 2.25. The lowest BCUT2D eigenvalue weighted by atomic mass is 9.97. The first-order chi connectivity index (χ1) is 8.63.